The Labute approximate surface area is 98.8 Å². The second kappa shape index (κ2) is 5.20. The molecule has 1 aromatic rings. The number of allylic oxidation sites excluding steroid dienone is 2. The molecule has 0 amide bonds. The van der Waals surface area contributed by atoms with E-state index in [1.165, 1.54) is 42.8 Å². The molecule has 0 spiro atoms. The zero-order valence-electron chi connectivity index (χ0n) is 10.4. The highest BCUT2D eigenvalue weighted by molar-refractivity contribution is 5.67. The van der Waals surface area contributed by atoms with Gasteiger partial charge >= 0.3 is 0 Å². The third kappa shape index (κ3) is 2.46. The smallest absolute Gasteiger partial charge is 0.0372 e. The molecule has 0 unspecified atom stereocenters. The summed E-state index contributed by atoms with van der Waals surface area (Å²) >= 11 is 0. The summed E-state index contributed by atoms with van der Waals surface area (Å²) in [6.07, 6.45) is 6.09. The van der Waals surface area contributed by atoms with Crippen LogP contribution < -0.4 is 4.90 Å². The van der Waals surface area contributed by atoms with E-state index in [4.69, 9.17) is 0 Å². The molecule has 86 valence electrons. The first-order chi connectivity index (χ1) is 7.81. The maximum absolute atomic E-state index is 2.49. The van der Waals surface area contributed by atoms with Crippen molar-refractivity contribution in [3.63, 3.8) is 0 Å². The lowest BCUT2D eigenvalue weighted by Gasteiger charge is -2.18. The average molecular weight is 215 g/mol. The van der Waals surface area contributed by atoms with Gasteiger partial charge in [-0.15, -0.1) is 0 Å². The molecule has 1 aromatic carbocycles. The van der Waals surface area contributed by atoms with Crippen LogP contribution >= 0.6 is 0 Å². The molecule has 1 fully saturated rings. The predicted molar refractivity (Wildman–Crippen MR) is 71.8 cm³/mol. The van der Waals surface area contributed by atoms with Gasteiger partial charge in [0.05, 0.1) is 0 Å². The fraction of sp³-hybridized carbons (Fsp3) is 0.467. The molecular formula is C15H21N. The Hall–Kier alpha value is -1.24. The second-order valence-electron chi connectivity index (χ2n) is 4.54. The lowest BCUT2D eigenvalue weighted by atomic mass is 10.1. The van der Waals surface area contributed by atoms with Crippen LogP contribution in [0.5, 0.6) is 0 Å². The highest BCUT2D eigenvalue weighted by Crippen LogP contribution is 2.24. The van der Waals surface area contributed by atoms with E-state index in [9.17, 15) is 0 Å². The van der Waals surface area contributed by atoms with Gasteiger partial charge in [-0.3, -0.25) is 0 Å². The minimum atomic E-state index is 1.11. The Morgan fingerprint density at radius 1 is 1.31 bits per heavy atom. The average Bonchev–Trinajstić information content (AvgIpc) is 2.83. The normalized spacial score (nSPS) is 16.9. The van der Waals surface area contributed by atoms with E-state index in [1.807, 2.05) is 0 Å². The van der Waals surface area contributed by atoms with Crippen molar-refractivity contribution in [3.05, 3.63) is 35.9 Å². The highest BCUT2D eigenvalue weighted by atomic mass is 15.1. The summed E-state index contributed by atoms with van der Waals surface area (Å²) in [7, 11) is 0. The second-order valence-corrected chi connectivity index (χ2v) is 4.54. The molecule has 1 heterocycles. The van der Waals surface area contributed by atoms with Crippen LogP contribution in [0.2, 0.25) is 0 Å². The topological polar surface area (TPSA) is 3.24 Å². The molecule has 1 aliphatic heterocycles. The third-order valence-corrected chi connectivity index (χ3v) is 3.28. The predicted octanol–water partition coefficient (Wildman–Crippen LogP) is 4.10. The number of benzene rings is 1. The van der Waals surface area contributed by atoms with Gasteiger partial charge in [-0.25, -0.2) is 0 Å². The minimum absolute atomic E-state index is 1.11. The van der Waals surface area contributed by atoms with Crippen LogP contribution in [0.1, 0.15) is 38.7 Å². The standard InChI is InChI=1S/C15H21N/c1-3-7-13(2)14-8-6-9-15(12-14)16-10-4-5-11-16/h6-9,12H,3-5,10-11H2,1-2H3. The molecule has 2 rings (SSSR count). The van der Waals surface area contributed by atoms with Crippen LogP contribution in [0.25, 0.3) is 5.57 Å². The minimum Gasteiger partial charge on any atom is -0.372 e. The number of rotatable bonds is 3. The first-order valence-electron chi connectivity index (χ1n) is 6.33. The van der Waals surface area contributed by atoms with Gasteiger partial charge < -0.3 is 4.90 Å². The highest BCUT2D eigenvalue weighted by Gasteiger charge is 2.12. The molecule has 0 radical (unpaired) electrons. The van der Waals surface area contributed by atoms with Gasteiger partial charge in [0.1, 0.15) is 0 Å². The monoisotopic (exact) mass is 215 g/mol. The van der Waals surface area contributed by atoms with Crippen molar-refractivity contribution < 1.29 is 0 Å². The first kappa shape index (κ1) is 11.3. The lowest BCUT2D eigenvalue weighted by Crippen LogP contribution is -2.17. The molecule has 0 aromatic heterocycles. The van der Waals surface area contributed by atoms with Crippen LogP contribution in [-0.2, 0) is 0 Å². The van der Waals surface area contributed by atoms with Gasteiger partial charge in [0, 0.05) is 18.8 Å². The molecule has 0 saturated carbocycles. The summed E-state index contributed by atoms with van der Waals surface area (Å²) in [6.45, 7) is 6.83. The number of hydrogen-bond acceptors (Lipinski definition) is 1. The van der Waals surface area contributed by atoms with E-state index in [0.717, 1.165) is 6.42 Å². The number of anilines is 1. The van der Waals surface area contributed by atoms with E-state index in [1.54, 1.807) is 0 Å². The van der Waals surface area contributed by atoms with Crippen molar-refractivity contribution in [1.82, 2.24) is 0 Å². The third-order valence-electron chi connectivity index (χ3n) is 3.28. The Morgan fingerprint density at radius 2 is 2.06 bits per heavy atom. The SMILES string of the molecule is CCC=C(C)c1cccc(N2CCCC2)c1. The summed E-state index contributed by atoms with van der Waals surface area (Å²) in [5, 5.41) is 0. The first-order valence-corrected chi connectivity index (χ1v) is 6.33. The van der Waals surface area contributed by atoms with Crippen LogP contribution in [0.4, 0.5) is 5.69 Å². The molecular weight excluding hydrogens is 194 g/mol. The molecule has 1 aliphatic rings. The zero-order chi connectivity index (χ0) is 11.4. The van der Waals surface area contributed by atoms with Gasteiger partial charge in [0.25, 0.3) is 0 Å². The van der Waals surface area contributed by atoms with Crippen molar-refractivity contribution in [3.8, 4) is 0 Å². The van der Waals surface area contributed by atoms with Gasteiger partial charge in [0.2, 0.25) is 0 Å². The van der Waals surface area contributed by atoms with Crippen molar-refractivity contribution in [2.75, 3.05) is 18.0 Å². The van der Waals surface area contributed by atoms with E-state index < -0.39 is 0 Å². The maximum atomic E-state index is 2.49. The molecule has 1 heteroatoms. The molecule has 16 heavy (non-hydrogen) atoms. The van der Waals surface area contributed by atoms with Gasteiger partial charge in [-0.1, -0.05) is 25.1 Å². The van der Waals surface area contributed by atoms with Crippen LogP contribution in [-0.4, -0.2) is 13.1 Å². The maximum Gasteiger partial charge on any atom is 0.0372 e. The van der Waals surface area contributed by atoms with E-state index in [-0.39, 0.29) is 0 Å². The van der Waals surface area contributed by atoms with E-state index in [2.05, 4.69) is 49.1 Å². The Bertz CT molecular complexity index is 373. The zero-order valence-corrected chi connectivity index (χ0v) is 10.4. The lowest BCUT2D eigenvalue weighted by molar-refractivity contribution is 0.949. The molecule has 0 bridgehead atoms. The number of nitrogens with zero attached hydrogens (tertiary/aromatic N) is 1. The van der Waals surface area contributed by atoms with Crippen LogP contribution in [0.3, 0.4) is 0 Å². The molecule has 1 saturated heterocycles. The Kier molecular flexibility index (Phi) is 3.66. The summed E-state index contributed by atoms with van der Waals surface area (Å²) in [5.41, 5.74) is 4.15. The largest absolute Gasteiger partial charge is 0.372 e. The Morgan fingerprint density at radius 3 is 2.75 bits per heavy atom. The summed E-state index contributed by atoms with van der Waals surface area (Å²) in [4.78, 5) is 2.49. The van der Waals surface area contributed by atoms with Crippen molar-refractivity contribution in [2.45, 2.75) is 33.1 Å². The fourth-order valence-electron chi connectivity index (χ4n) is 2.35. The fourth-order valence-corrected chi connectivity index (χ4v) is 2.35. The molecule has 0 aliphatic carbocycles. The van der Waals surface area contributed by atoms with E-state index in [0.29, 0.717) is 0 Å². The van der Waals surface area contributed by atoms with Crippen LogP contribution in [0, 0.1) is 0 Å². The molecule has 0 N–H and O–H groups in total. The molecule has 0 atom stereocenters. The van der Waals surface area contributed by atoms with Crippen molar-refractivity contribution in [2.24, 2.45) is 0 Å². The van der Waals surface area contributed by atoms with Crippen molar-refractivity contribution in [1.29, 1.82) is 0 Å². The van der Waals surface area contributed by atoms with E-state index >= 15 is 0 Å². The number of hydrogen-bond donors (Lipinski definition) is 0. The quantitative estimate of drug-likeness (QED) is 0.733. The van der Waals surface area contributed by atoms with Gasteiger partial charge in [-0.05, 0) is 49.5 Å². The summed E-state index contributed by atoms with van der Waals surface area (Å²) in [5.74, 6) is 0. The van der Waals surface area contributed by atoms with Gasteiger partial charge in [-0.2, -0.15) is 0 Å². The van der Waals surface area contributed by atoms with Gasteiger partial charge in [0.15, 0.2) is 0 Å². The molecule has 1 nitrogen and oxygen atoms in total. The Balaban J connectivity index is 2.22. The summed E-state index contributed by atoms with van der Waals surface area (Å²) < 4.78 is 0. The van der Waals surface area contributed by atoms with Crippen molar-refractivity contribution >= 4 is 11.3 Å². The summed E-state index contributed by atoms with van der Waals surface area (Å²) in [6, 6.07) is 8.94. The van der Waals surface area contributed by atoms with Crippen LogP contribution in [0.15, 0.2) is 30.3 Å².